The van der Waals surface area contributed by atoms with E-state index in [-0.39, 0.29) is 5.92 Å². The summed E-state index contributed by atoms with van der Waals surface area (Å²) >= 11 is 0. The molecule has 1 fully saturated rings. The monoisotopic (exact) mass is 307 g/mol. The van der Waals surface area contributed by atoms with Gasteiger partial charge in [-0.15, -0.1) is 0 Å². The van der Waals surface area contributed by atoms with Gasteiger partial charge in [-0.25, -0.2) is 0 Å². The second-order valence-electron chi connectivity index (χ2n) is 6.45. The molecule has 23 heavy (non-hydrogen) atoms. The van der Waals surface area contributed by atoms with E-state index in [4.69, 9.17) is 0 Å². The first-order valence-electron chi connectivity index (χ1n) is 8.67. The van der Waals surface area contributed by atoms with Gasteiger partial charge in [-0.05, 0) is 37.1 Å². The largest absolute Gasteiger partial charge is 0.298 e. The maximum Gasteiger partial charge on any atom is 0.147 e. The highest BCUT2D eigenvalue weighted by atomic mass is 16.1. The highest BCUT2D eigenvalue weighted by Gasteiger charge is 2.20. The number of nitrogens with zero attached hydrogens (tertiary/aromatic N) is 1. The highest BCUT2D eigenvalue weighted by Crippen LogP contribution is 2.28. The van der Waals surface area contributed by atoms with Crippen LogP contribution in [0.25, 0.3) is 0 Å². The number of hydrogen-bond acceptors (Lipinski definition) is 2. The second-order valence-corrected chi connectivity index (χ2v) is 6.45. The number of piperidine rings is 1. The van der Waals surface area contributed by atoms with Crippen LogP contribution < -0.4 is 0 Å². The van der Waals surface area contributed by atoms with Crippen molar-refractivity contribution in [1.29, 1.82) is 0 Å². The number of Topliss-reactive ketones (excluding diaryl/α,β-unsaturated/α-hetero) is 1. The van der Waals surface area contributed by atoms with Gasteiger partial charge in [0.05, 0.1) is 6.54 Å². The van der Waals surface area contributed by atoms with Gasteiger partial charge in [-0.1, -0.05) is 67.1 Å². The molecule has 0 N–H and O–H groups in total. The van der Waals surface area contributed by atoms with Gasteiger partial charge < -0.3 is 0 Å². The summed E-state index contributed by atoms with van der Waals surface area (Å²) < 4.78 is 0. The molecular weight excluding hydrogens is 282 g/mol. The summed E-state index contributed by atoms with van der Waals surface area (Å²) in [6.45, 7) is 2.76. The Bertz CT molecular complexity index is 563. The van der Waals surface area contributed by atoms with Gasteiger partial charge in [0.1, 0.15) is 5.78 Å². The molecule has 2 aromatic carbocycles. The third-order valence-corrected chi connectivity index (χ3v) is 4.68. The summed E-state index contributed by atoms with van der Waals surface area (Å²) in [5.41, 5.74) is 2.45. The van der Waals surface area contributed by atoms with Crippen LogP contribution in [0.5, 0.6) is 0 Å². The standard InChI is InChI=1S/C21H25NO/c23-20(17-22-14-8-3-9-15-22)16-21(18-10-4-1-5-11-18)19-12-6-2-7-13-19/h1-2,4-7,10-13,21H,3,8-9,14-17H2. The molecule has 0 aliphatic carbocycles. The summed E-state index contributed by atoms with van der Waals surface area (Å²) in [4.78, 5) is 14.9. The van der Waals surface area contributed by atoms with Crippen molar-refractivity contribution >= 4 is 5.78 Å². The summed E-state index contributed by atoms with van der Waals surface area (Å²) in [6, 6.07) is 20.8. The molecule has 2 nitrogen and oxygen atoms in total. The van der Waals surface area contributed by atoms with E-state index in [1.165, 1.54) is 30.4 Å². The topological polar surface area (TPSA) is 20.3 Å². The van der Waals surface area contributed by atoms with Gasteiger partial charge in [-0.2, -0.15) is 0 Å². The van der Waals surface area contributed by atoms with Gasteiger partial charge in [0.15, 0.2) is 0 Å². The zero-order chi connectivity index (χ0) is 15.9. The third kappa shape index (κ3) is 4.52. The predicted octanol–water partition coefficient (Wildman–Crippen LogP) is 4.26. The van der Waals surface area contributed by atoms with Crippen molar-refractivity contribution in [2.24, 2.45) is 0 Å². The molecule has 1 aliphatic rings. The summed E-state index contributed by atoms with van der Waals surface area (Å²) in [6.07, 6.45) is 4.36. The minimum atomic E-state index is 0.162. The second kappa shape index (κ2) is 8.07. The van der Waals surface area contributed by atoms with Gasteiger partial charge in [0.2, 0.25) is 0 Å². The molecule has 1 heterocycles. The number of carbonyl (C=O) groups is 1. The van der Waals surface area contributed by atoms with E-state index >= 15 is 0 Å². The van der Waals surface area contributed by atoms with Gasteiger partial charge in [-0.3, -0.25) is 9.69 Å². The fraction of sp³-hybridized carbons (Fsp3) is 0.381. The van der Waals surface area contributed by atoms with Gasteiger partial charge in [0.25, 0.3) is 0 Å². The first-order valence-corrected chi connectivity index (χ1v) is 8.67. The average molecular weight is 307 g/mol. The predicted molar refractivity (Wildman–Crippen MR) is 94.6 cm³/mol. The van der Waals surface area contributed by atoms with E-state index in [1.807, 2.05) is 12.1 Å². The first-order chi connectivity index (χ1) is 11.3. The Labute approximate surface area is 139 Å². The Kier molecular flexibility index (Phi) is 5.60. The molecule has 3 rings (SSSR count). The van der Waals surface area contributed by atoms with Crippen molar-refractivity contribution in [3.8, 4) is 0 Å². The van der Waals surface area contributed by atoms with Crippen LogP contribution in [-0.2, 0) is 4.79 Å². The van der Waals surface area contributed by atoms with Crippen LogP contribution in [0.1, 0.15) is 42.7 Å². The normalized spacial score (nSPS) is 15.7. The molecule has 1 saturated heterocycles. The highest BCUT2D eigenvalue weighted by molar-refractivity contribution is 5.81. The smallest absolute Gasteiger partial charge is 0.147 e. The minimum absolute atomic E-state index is 0.162. The van der Waals surface area contributed by atoms with Crippen LogP contribution in [0.4, 0.5) is 0 Å². The fourth-order valence-electron chi connectivity index (χ4n) is 3.46. The Balaban J connectivity index is 1.72. The molecule has 2 aromatic rings. The van der Waals surface area contributed by atoms with Crippen LogP contribution in [-0.4, -0.2) is 30.3 Å². The fourth-order valence-corrected chi connectivity index (χ4v) is 3.46. The molecule has 0 bridgehead atoms. The van der Waals surface area contributed by atoms with Crippen molar-refractivity contribution in [3.63, 3.8) is 0 Å². The van der Waals surface area contributed by atoms with E-state index < -0.39 is 0 Å². The van der Waals surface area contributed by atoms with E-state index in [0.717, 1.165) is 13.1 Å². The number of rotatable bonds is 6. The quantitative estimate of drug-likeness (QED) is 0.794. The molecule has 0 radical (unpaired) electrons. The zero-order valence-electron chi connectivity index (χ0n) is 13.7. The lowest BCUT2D eigenvalue weighted by Crippen LogP contribution is -2.34. The van der Waals surface area contributed by atoms with Crippen molar-refractivity contribution in [2.45, 2.75) is 31.6 Å². The van der Waals surface area contributed by atoms with Crippen molar-refractivity contribution in [2.75, 3.05) is 19.6 Å². The molecule has 1 aliphatic heterocycles. The van der Waals surface area contributed by atoms with E-state index in [1.54, 1.807) is 0 Å². The molecule has 0 aromatic heterocycles. The van der Waals surface area contributed by atoms with E-state index in [2.05, 4.69) is 53.4 Å². The number of carbonyl (C=O) groups excluding carboxylic acids is 1. The SMILES string of the molecule is O=C(CC(c1ccccc1)c1ccccc1)CN1CCCCC1. The third-order valence-electron chi connectivity index (χ3n) is 4.68. The van der Waals surface area contributed by atoms with Gasteiger partial charge >= 0.3 is 0 Å². The maximum absolute atomic E-state index is 12.6. The zero-order valence-corrected chi connectivity index (χ0v) is 13.7. The lowest BCUT2D eigenvalue weighted by Gasteiger charge is -2.26. The molecule has 0 atom stereocenters. The van der Waals surface area contributed by atoms with Crippen LogP contribution in [0.3, 0.4) is 0 Å². The molecule has 120 valence electrons. The summed E-state index contributed by atoms with van der Waals surface area (Å²) in [7, 11) is 0. The first kappa shape index (κ1) is 15.9. The minimum Gasteiger partial charge on any atom is -0.298 e. The molecule has 2 heteroatoms. The van der Waals surface area contributed by atoms with Gasteiger partial charge in [0, 0.05) is 12.3 Å². The van der Waals surface area contributed by atoms with Crippen molar-refractivity contribution < 1.29 is 4.79 Å². The lowest BCUT2D eigenvalue weighted by molar-refractivity contribution is -0.120. The van der Waals surface area contributed by atoms with E-state index in [9.17, 15) is 4.79 Å². The lowest BCUT2D eigenvalue weighted by atomic mass is 9.87. The number of ketones is 1. The van der Waals surface area contributed by atoms with Crippen molar-refractivity contribution in [1.82, 2.24) is 4.90 Å². The van der Waals surface area contributed by atoms with Crippen molar-refractivity contribution in [3.05, 3.63) is 71.8 Å². The number of hydrogen-bond donors (Lipinski definition) is 0. The molecule has 0 unspecified atom stereocenters. The Hall–Kier alpha value is -1.93. The number of likely N-dealkylation sites (tertiary alicyclic amines) is 1. The molecule has 0 spiro atoms. The molecular formula is C21H25NO. The molecule has 0 saturated carbocycles. The average Bonchev–Trinajstić information content (AvgIpc) is 2.62. The maximum atomic E-state index is 12.6. The van der Waals surface area contributed by atoms with Crippen LogP contribution in [0.2, 0.25) is 0 Å². The van der Waals surface area contributed by atoms with Crippen LogP contribution in [0, 0.1) is 0 Å². The summed E-state index contributed by atoms with van der Waals surface area (Å²) in [5.74, 6) is 0.513. The van der Waals surface area contributed by atoms with Crippen LogP contribution in [0.15, 0.2) is 60.7 Å². The Morgan fingerprint density at radius 3 is 1.87 bits per heavy atom. The number of benzene rings is 2. The summed E-state index contributed by atoms with van der Waals surface area (Å²) in [5, 5.41) is 0. The Morgan fingerprint density at radius 1 is 0.826 bits per heavy atom. The van der Waals surface area contributed by atoms with E-state index in [0.29, 0.717) is 18.7 Å². The van der Waals surface area contributed by atoms with Crippen LogP contribution >= 0.6 is 0 Å². The Morgan fingerprint density at radius 2 is 1.35 bits per heavy atom. The molecule has 0 amide bonds.